The van der Waals surface area contributed by atoms with Gasteiger partial charge in [0.05, 0.1) is 6.10 Å². The maximum atomic E-state index is 12.8. The second-order valence-corrected chi connectivity index (χ2v) is 5.39. The number of halogens is 2. The van der Waals surface area contributed by atoms with Gasteiger partial charge in [-0.15, -0.1) is 0 Å². The van der Waals surface area contributed by atoms with Crippen molar-refractivity contribution in [1.82, 2.24) is 5.32 Å². The smallest absolute Gasteiger partial charge is 0.257 e. The van der Waals surface area contributed by atoms with Crippen molar-refractivity contribution in [3.63, 3.8) is 0 Å². The molecule has 122 valence electrons. The quantitative estimate of drug-likeness (QED) is 0.816. The highest BCUT2D eigenvalue weighted by atomic mass is 35.5. The van der Waals surface area contributed by atoms with E-state index in [4.69, 9.17) is 16.3 Å². The SMILES string of the molecule is O=C(COc1ccc(Cl)cc1)NCCC(O)c1ccc(F)cc1. The van der Waals surface area contributed by atoms with E-state index in [1.54, 1.807) is 24.3 Å². The third-order valence-corrected chi connectivity index (χ3v) is 3.43. The van der Waals surface area contributed by atoms with Crippen LogP contribution in [0, 0.1) is 5.82 Å². The summed E-state index contributed by atoms with van der Waals surface area (Å²) < 4.78 is 18.1. The van der Waals surface area contributed by atoms with Gasteiger partial charge in [-0.05, 0) is 48.4 Å². The highest BCUT2D eigenvalue weighted by molar-refractivity contribution is 6.30. The molecule has 0 aromatic heterocycles. The molecule has 0 heterocycles. The molecule has 0 saturated heterocycles. The van der Waals surface area contributed by atoms with Crippen LogP contribution in [0.5, 0.6) is 5.75 Å². The molecule has 0 radical (unpaired) electrons. The summed E-state index contributed by atoms with van der Waals surface area (Å²) in [6.07, 6.45) is -0.425. The molecule has 0 aliphatic heterocycles. The van der Waals surface area contributed by atoms with Crippen LogP contribution in [0.15, 0.2) is 48.5 Å². The van der Waals surface area contributed by atoms with Crippen LogP contribution in [0.25, 0.3) is 0 Å². The lowest BCUT2D eigenvalue weighted by atomic mass is 10.1. The van der Waals surface area contributed by atoms with E-state index >= 15 is 0 Å². The number of aliphatic hydroxyl groups is 1. The fourth-order valence-corrected chi connectivity index (χ4v) is 2.06. The minimum Gasteiger partial charge on any atom is -0.484 e. The van der Waals surface area contributed by atoms with E-state index in [1.165, 1.54) is 24.3 Å². The van der Waals surface area contributed by atoms with E-state index in [-0.39, 0.29) is 18.3 Å². The molecule has 2 rings (SSSR count). The fourth-order valence-electron chi connectivity index (χ4n) is 1.93. The van der Waals surface area contributed by atoms with E-state index in [0.717, 1.165) is 0 Å². The highest BCUT2D eigenvalue weighted by Gasteiger charge is 2.09. The summed E-state index contributed by atoms with van der Waals surface area (Å²) in [6, 6.07) is 12.3. The minimum absolute atomic E-state index is 0.117. The minimum atomic E-state index is -0.756. The van der Waals surface area contributed by atoms with Crippen molar-refractivity contribution in [2.45, 2.75) is 12.5 Å². The number of amides is 1. The first-order chi connectivity index (χ1) is 11.0. The van der Waals surface area contributed by atoms with Gasteiger partial charge in [-0.3, -0.25) is 4.79 Å². The van der Waals surface area contributed by atoms with Gasteiger partial charge in [-0.1, -0.05) is 23.7 Å². The number of ether oxygens (including phenoxy) is 1. The monoisotopic (exact) mass is 337 g/mol. The molecule has 1 unspecified atom stereocenters. The summed E-state index contributed by atoms with van der Waals surface area (Å²) >= 11 is 5.75. The lowest BCUT2D eigenvalue weighted by molar-refractivity contribution is -0.123. The lowest BCUT2D eigenvalue weighted by Gasteiger charge is -2.12. The van der Waals surface area contributed by atoms with Gasteiger partial charge >= 0.3 is 0 Å². The largest absolute Gasteiger partial charge is 0.484 e. The number of nitrogens with one attached hydrogen (secondary N) is 1. The Hall–Kier alpha value is -2.11. The van der Waals surface area contributed by atoms with Crippen molar-refractivity contribution in [3.8, 4) is 5.75 Å². The van der Waals surface area contributed by atoms with Crippen LogP contribution in [0.3, 0.4) is 0 Å². The van der Waals surface area contributed by atoms with Gasteiger partial charge in [0.2, 0.25) is 0 Å². The molecule has 0 saturated carbocycles. The van der Waals surface area contributed by atoms with Crippen LogP contribution in [-0.4, -0.2) is 24.2 Å². The number of rotatable bonds is 7. The summed E-state index contributed by atoms with van der Waals surface area (Å²) in [7, 11) is 0. The van der Waals surface area contributed by atoms with Crippen LogP contribution in [0.1, 0.15) is 18.1 Å². The van der Waals surface area contributed by atoms with Gasteiger partial charge in [0.15, 0.2) is 6.61 Å². The Morgan fingerprint density at radius 3 is 2.48 bits per heavy atom. The summed E-state index contributed by atoms with van der Waals surface area (Å²) in [5, 5.41) is 13.2. The molecule has 0 aliphatic rings. The molecule has 1 atom stereocenters. The van der Waals surface area contributed by atoms with E-state index in [9.17, 15) is 14.3 Å². The van der Waals surface area contributed by atoms with Crippen molar-refractivity contribution in [1.29, 1.82) is 0 Å². The third-order valence-electron chi connectivity index (χ3n) is 3.18. The number of hydrogen-bond donors (Lipinski definition) is 2. The van der Waals surface area contributed by atoms with Crippen molar-refractivity contribution in [2.24, 2.45) is 0 Å². The summed E-state index contributed by atoms with van der Waals surface area (Å²) in [6.45, 7) is 0.176. The molecule has 0 fully saturated rings. The van der Waals surface area contributed by atoms with Gasteiger partial charge in [-0.25, -0.2) is 4.39 Å². The molecule has 0 bridgehead atoms. The van der Waals surface area contributed by atoms with E-state index in [2.05, 4.69) is 5.32 Å². The Balaban J connectivity index is 1.68. The number of carbonyl (C=O) groups is 1. The molecule has 0 spiro atoms. The van der Waals surface area contributed by atoms with E-state index in [0.29, 0.717) is 29.3 Å². The molecule has 23 heavy (non-hydrogen) atoms. The lowest BCUT2D eigenvalue weighted by Crippen LogP contribution is -2.30. The second-order valence-electron chi connectivity index (χ2n) is 4.95. The number of aliphatic hydroxyl groups excluding tert-OH is 1. The molecular weight excluding hydrogens is 321 g/mol. The zero-order valence-electron chi connectivity index (χ0n) is 12.3. The van der Waals surface area contributed by atoms with Gasteiger partial charge in [-0.2, -0.15) is 0 Å². The topological polar surface area (TPSA) is 58.6 Å². The number of benzene rings is 2. The standard InChI is InChI=1S/C17H17ClFNO3/c18-13-3-7-15(8-4-13)23-11-17(22)20-10-9-16(21)12-1-5-14(19)6-2-12/h1-8,16,21H,9-11H2,(H,20,22). The third kappa shape index (κ3) is 5.88. The zero-order valence-corrected chi connectivity index (χ0v) is 13.1. The molecule has 0 aliphatic carbocycles. The van der Waals surface area contributed by atoms with Crippen LogP contribution in [-0.2, 0) is 4.79 Å². The van der Waals surface area contributed by atoms with Crippen LogP contribution >= 0.6 is 11.6 Å². The van der Waals surface area contributed by atoms with E-state index in [1.807, 2.05) is 0 Å². The van der Waals surface area contributed by atoms with Gasteiger partial charge in [0.25, 0.3) is 5.91 Å². The number of hydrogen-bond acceptors (Lipinski definition) is 3. The predicted molar refractivity (Wildman–Crippen MR) is 85.9 cm³/mol. The normalized spacial score (nSPS) is 11.8. The number of carbonyl (C=O) groups excluding carboxylic acids is 1. The Morgan fingerprint density at radius 1 is 1.17 bits per heavy atom. The maximum absolute atomic E-state index is 12.8. The van der Waals surface area contributed by atoms with Gasteiger partial charge < -0.3 is 15.2 Å². The molecule has 2 aromatic rings. The maximum Gasteiger partial charge on any atom is 0.257 e. The first kappa shape index (κ1) is 17.2. The Kier molecular flexibility index (Phi) is 6.38. The molecule has 2 aromatic carbocycles. The van der Waals surface area contributed by atoms with Gasteiger partial charge in [0.1, 0.15) is 11.6 Å². The van der Waals surface area contributed by atoms with Crippen LogP contribution in [0.2, 0.25) is 5.02 Å². The highest BCUT2D eigenvalue weighted by Crippen LogP contribution is 2.16. The van der Waals surface area contributed by atoms with Crippen LogP contribution < -0.4 is 10.1 Å². The van der Waals surface area contributed by atoms with Crippen molar-refractivity contribution in [2.75, 3.05) is 13.2 Å². The molecule has 6 heteroatoms. The Morgan fingerprint density at radius 2 is 1.83 bits per heavy atom. The van der Waals surface area contributed by atoms with Crippen molar-refractivity contribution >= 4 is 17.5 Å². The Labute approximate surface area is 138 Å². The summed E-state index contributed by atoms with van der Waals surface area (Å²) in [4.78, 5) is 11.7. The molecular formula is C17H17ClFNO3. The molecule has 4 nitrogen and oxygen atoms in total. The Bertz CT molecular complexity index is 631. The average molecular weight is 338 g/mol. The molecule has 1 amide bonds. The van der Waals surface area contributed by atoms with Crippen molar-refractivity contribution in [3.05, 3.63) is 64.9 Å². The van der Waals surface area contributed by atoms with Gasteiger partial charge in [0, 0.05) is 11.6 Å². The summed E-state index contributed by atoms with van der Waals surface area (Å²) in [5.74, 6) is -0.0873. The second kappa shape index (κ2) is 8.50. The first-order valence-corrected chi connectivity index (χ1v) is 7.51. The first-order valence-electron chi connectivity index (χ1n) is 7.13. The van der Waals surface area contributed by atoms with E-state index < -0.39 is 6.10 Å². The zero-order chi connectivity index (χ0) is 16.7. The van der Waals surface area contributed by atoms with Crippen LogP contribution in [0.4, 0.5) is 4.39 Å². The molecule has 2 N–H and O–H groups in total. The predicted octanol–water partition coefficient (Wildman–Crippen LogP) is 3.10. The van der Waals surface area contributed by atoms with Crippen molar-refractivity contribution < 1.29 is 19.0 Å². The fraction of sp³-hybridized carbons (Fsp3) is 0.235. The average Bonchev–Trinajstić information content (AvgIpc) is 2.55. The summed E-state index contributed by atoms with van der Waals surface area (Å²) in [5.41, 5.74) is 0.609.